The van der Waals surface area contributed by atoms with Crippen LogP contribution in [0.25, 0.3) is 0 Å². The van der Waals surface area contributed by atoms with Crippen molar-refractivity contribution >= 4 is 7.82 Å². The van der Waals surface area contributed by atoms with Crippen LogP contribution in [-0.2, 0) is 21.3 Å². The molecule has 0 saturated carbocycles. The molecule has 2 radical (unpaired) electrons. The van der Waals surface area contributed by atoms with E-state index in [1.807, 2.05) is 0 Å². The van der Waals surface area contributed by atoms with Crippen LogP contribution < -0.4 is 14.7 Å². The molecule has 7 heteroatoms. The smallest absolute Gasteiger partial charge is 0.822 e. The van der Waals surface area contributed by atoms with E-state index in [-0.39, 0.29) is 58.5 Å². The molecule has 0 aromatic rings. The van der Waals surface area contributed by atoms with Gasteiger partial charge in [-0.1, -0.05) is 0 Å². The first-order valence-electron chi connectivity index (χ1n) is 0.730. The maximum absolute atomic E-state index is 8.55. The molecule has 40 valence electrons. The van der Waals surface area contributed by atoms with Crippen LogP contribution in [0.1, 0.15) is 0 Å². The van der Waals surface area contributed by atoms with Crippen LogP contribution in [0.3, 0.4) is 0 Å². The maximum Gasteiger partial charge on any atom is 3.00 e. The van der Waals surface area contributed by atoms with E-state index in [0.717, 1.165) is 0 Å². The maximum atomic E-state index is 8.55. The molecule has 0 aromatic carbocycles. The topological polar surface area (TPSA) is 86.2 Å². The third-order valence-electron chi connectivity index (χ3n) is 0. The standard InChI is InChI=1S/Ce.Co.H3O4P/c;;1-5(2,3)4/h;;(H3,1,2,3,4)/q+3;+2;/p-3. The minimum Gasteiger partial charge on any atom is -0.822 e. The van der Waals surface area contributed by atoms with Crippen LogP contribution in [0.2, 0.25) is 0 Å². The Bertz CT molecular complexity index is 57.8. The van der Waals surface area contributed by atoms with E-state index in [1.54, 1.807) is 0 Å². The normalized spacial score (nSPS) is 8.43. The first-order chi connectivity index (χ1) is 2.00. The van der Waals surface area contributed by atoms with Gasteiger partial charge in [0, 0.05) is 0 Å². The van der Waals surface area contributed by atoms with Crippen molar-refractivity contribution in [3.8, 4) is 0 Å². The first kappa shape index (κ1) is 16.0. The Balaban J connectivity index is -0.0000000800. The Morgan fingerprint density at radius 2 is 1.14 bits per heavy atom. The largest absolute Gasteiger partial charge is 3.00 e. The molecule has 4 nitrogen and oxygen atoms in total. The Labute approximate surface area is 84.5 Å². The van der Waals surface area contributed by atoms with Gasteiger partial charge in [-0.05, 0) is 0 Å². The summed E-state index contributed by atoms with van der Waals surface area (Å²) in [4.78, 5) is 25.6. The van der Waals surface area contributed by atoms with Gasteiger partial charge < -0.3 is 19.2 Å². The van der Waals surface area contributed by atoms with Gasteiger partial charge in [0.15, 0.2) is 0 Å². The van der Waals surface area contributed by atoms with Crippen LogP contribution >= 0.6 is 7.82 Å². The van der Waals surface area contributed by atoms with Crippen molar-refractivity contribution in [3.05, 3.63) is 0 Å². The van der Waals surface area contributed by atoms with Crippen LogP contribution in [-0.4, -0.2) is 0 Å². The molecule has 0 atom stereocenters. The number of hydrogen-bond donors (Lipinski definition) is 0. The van der Waals surface area contributed by atoms with Gasteiger partial charge in [-0.2, -0.15) is 7.82 Å². The molecule has 0 aliphatic rings. The fraction of sp³-hybridized carbons (Fsp3) is 0. The zero-order valence-corrected chi connectivity index (χ0v) is 7.99. The average molecular weight is 294 g/mol. The summed E-state index contributed by atoms with van der Waals surface area (Å²) in [6, 6.07) is 0. The van der Waals surface area contributed by atoms with Gasteiger partial charge in [-0.3, -0.25) is 0 Å². The Kier molecular flexibility index (Phi) is 14.0. The molecule has 0 amide bonds. The summed E-state index contributed by atoms with van der Waals surface area (Å²) in [7, 11) is -5.39. The van der Waals surface area contributed by atoms with Crippen LogP contribution in [0.5, 0.6) is 0 Å². The number of rotatable bonds is 0. The van der Waals surface area contributed by atoms with Crippen molar-refractivity contribution < 1.29 is 77.8 Å². The van der Waals surface area contributed by atoms with Crippen LogP contribution in [0, 0.1) is 41.7 Å². The molecular formula is CeCoO4P+2. The molecule has 0 spiro atoms. The first-order valence-corrected chi connectivity index (χ1v) is 2.19. The van der Waals surface area contributed by atoms with Gasteiger partial charge in [-0.25, -0.2) is 0 Å². The van der Waals surface area contributed by atoms with E-state index in [9.17, 15) is 0 Å². The van der Waals surface area contributed by atoms with Gasteiger partial charge in [0.1, 0.15) is 0 Å². The number of hydrogen-bond acceptors (Lipinski definition) is 4. The molecule has 0 unspecified atom stereocenters. The molecule has 7 heavy (non-hydrogen) atoms. The summed E-state index contributed by atoms with van der Waals surface area (Å²) in [5, 5.41) is 0. The van der Waals surface area contributed by atoms with Crippen molar-refractivity contribution in [2.45, 2.75) is 0 Å². The molecule has 0 aliphatic heterocycles. The second kappa shape index (κ2) is 6.12. The number of phosphoric acid groups is 1. The monoisotopic (exact) mass is 294 g/mol. The van der Waals surface area contributed by atoms with Crippen molar-refractivity contribution in [3.63, 3.8) is 0 Å². The van der Waals surface area contributed by atoms with Gasteiger partial charge in [0.05, 0.1) is 0 Å². The summed E-state index contributed by atoms with van der Waals surface area (Å²) >= 11 is 0. The molecule has 0 N–H and O–H groups in total. The van der Waals surface area contributed by atoms with Crippen molar-refractivity contribution in [2.24, 2.45) is 0 Å². The van der Waals surface area contributed by atoms with Crippen LogP contribution in [0.4, 0.5) is 0 Å². The zero-order valence-electron chi connectivity index (χ0n) is 2.91. The third kappa shape index (κ3) is 72.3. The van der Waals surface area contributed by atoms with Gasteiger partial charge >= 0.3 is 58.5 Å². The van der Waals surface area contributed by atoms with E-state index in [2.05, 4.69) is 0 Å². The Morgan fingerprint density at radius 1 is 1.14 bits per heavy atom. The minimum atomic E-state index is -5.39. The van der Waals surface area contributed by atoms with E-state index in [4.69, 9.17) is 19.2 Å². The minimum absolute atomic E-state index is 0. The van der Waals surface area contributed by atoms with Crippen molar-refractivity contribution in [1.82, 2.24) is 0 Å². The second-order valence-corrected chi connectivity index (χ2v) is 1.34. The second-order valence-electron chi connectivity index (χ2n) is 0.447. The quantitative estimate of drug-likeness (QED) is 0.451. The third-order valence-corrected chi connectivity index (χ3v) is 0. The average Bonchev–Trinajstić information content (AvgIpc) is 0.722. The summed E-state index contributed by atoms with van der Waals surface area (Å²) in [5.41, 5.74) is 0. The van der Waals surface area contributed by atoms with Gasteiger partial charge in [0.25, 0.3) is 0 Å². The Hall–Kier alpha value is 1.99. The van der Waals surface area contributed by atoms with Gasteiger partial charge in [0.2, 0.25) is 0 Å². The van der Waals surface area contributed by atoms with E-state index < -0.39 is 7.82 Å². The summed E-state index contributed by atoms with van der Waals surface area (Å²) in [5.74, 6) is 0. The van der Waals surface area contributed by atoms with Gasteiger partial charge in [-0.15, -0.1) is 0 Å². The molecule has 0 fully saturated rings. The summed E-state index contributed by atoms with van der Waals surface area (Å²) in [6.45, 7) is 0. The van der Waals surface area contributed by atoms with Crippen molar-refractivity contribution in [1.29, 1.82) is 0 Å². The SMILES string of the molecule is O=P([O-])([O-])[O-].[Ce+3].[Co+2]. The van der Waals surface area contributed by atoms with Crippen molar-refractivity contribution in [2.75, 3.05) is 0 Å². The fourth-order valence-electron chi connectivity index (χ4n) is 0. The van der Waals surface area contributed by atoms with E-state index in [0.29, 0.717) is 0 Å². The summed E-state index contributed by atoms with van der Waals surface area (Å²) in [6.07, 6.45) is 0. The van der Waals surface area contributed by atoms with E-state index >= 15 is 0 Å². The predicted molar refractivity (Wildman–Crippen MR) is 7.61 cm³/mol. The molecule has 0 bridgehead atoms. The zero-order chi connectivity index (χ0) is 4.50. The molecule has 0 aliphatic carbocycles. The van der Waals surface area contributed by atoms with E-state index in [1.165, 1.54) is 0 Å². The Morgan fingerprint density at radius 3 is 1.14 bits per heavy atom. The van der Waals surface area contributed by atoms with Crippen LogP contribution in [0.15, 0.2) is 0 Å². The summed E-state index contributed by atoms with van der Waals surface area (Å²) < 4.78 is 8.55. The molecule has 0 heterocycles. The molecule has 0 rings (SSSR count). The predicted octanol–water partition coefficient (Wildman–Crippen LogP) is -2.83. The fourth-order valence-corrected chi connectivity index (χ4v) is 0. The molecular weight excluding hydrogens is 294 g/mol. The molecule has 0 saturated heterocycles. The molecule has 0 aromatic heterocycles.